The van der Waals surface area contributed by atoms with Gasteiger partial charge in [-0.25, -0.2) is 4.39 Å². The van der Waals surface area contributed by atoms with Gasteiger partial charge in [0.25, 0.3) is 0 Å². The highest BCUT2D eigenvalue weighted by Gasteiger charge is 2.35. The van der Waals surface area contributed by atoms with Crippen molar-refractivity contribution >= 4 is 11.6 Å². The molecule has 0 radical (unpaired) electrons. The summed E-state index contributed by atoms with van der Waals surface area (Å²) < 4.78 is 13.4. The van der Waals surface area contributed by atoms with Crippen LogP contribution in [0.25, 0.3) is 0 Å². The first-order valence-corrected chi connectivity index (χ1v) is 7.48. The molecule has 1 aliphatic carbocycles. The molecule has 3 heteroatoms. The third-order valence-corrected chi connectivity index (χ3v) is 4.80. The molecule has 2 atom stereocenters. The largest absolute Gasteiger partial charge is 0.385 e. The van der Waals surface area contributed by atoms with Crippen LogP contribution in [0.2, 0.25) is 5.02 Å². The Morgan fingerprint density at radius 3 is 2.74 bits per heavy atom. The molecule has 0 heterocycles. The van der Waals surface area contributed by atoms with Crippen molar-refractivity contribution in [3.63, 3.8) is 0 Å². The van der Waals surface area contributed by atoms with Crippen molar-refractivity contribution in [2.24, 2.45) is 11.8 Å². The molecule has 2 rings (SSSR count). The first kappa shape index (κ1) is 14.8. The highest BCUT2D eigenvalue weighted by atomic mass is 35.5. The van der Waals surface area contributed by atoms with Crippen LogP contribution in [0.3, 0.4) is 0 Å². The number of halogens is 2. The first-order valence-electron chi connectivity index (χ1n) is 7.10. The summed E-state index contributed by atoms with van der Waals surface area (Å²) in [6.45, 7) is 4.45. The van der Waals surface area contributed by atoms with Gasteiger partial charge in [0.2, 0.25) is 0 Å². The topological polar surface area (TPSA) is 20.2 Å². The number of hydrogen-bond acceptors (Lipinski definition) is 1. The molecule has 106 valence electrons. The van der Waals surface area contributed by atoms with Crippen molar-refractivity contribution < 1.29 is 9.50 Å². The second-order valence-corrected chi connectivity index (χ2v) is 6.50. The van der Waals surface area contributed by atoms with Gasteiger partial charge in [-0.1, -0.05) is 31.9 Å². The van der Waals surface area contributed by atoms with Gasteiger partial charge < -0.3 is 5.11 Å². The quantitative estimate of drug-likeness (QED) is 0.766. The maximum Gasteiger partial charge on any atom is 0.123 e. The van der Waals surface area contributed by atoms with Crippen LogP contribution in [-0.4, -0.2) is 5.11 Å². The van der Waals surface area contributed by atoms with Crippen LogP contribution >= 0.6 is 11.6 Å². The van der Waals surface area contributed by atoms with Crippen LogP contribution in [0.15, 0.2) is 18.2 Å². The summed E-state index contributed by atoms with van der Waals surface area (Å²) in [5.41, 5.74) is -0.415. The first-order chi connectivity index (χ1) is 8.92. The van der Waals surface area contributed by atoms with E-state index in [1.807, 2.05) is 0 Å². The third kappa shape index (κ3) is 3.29. The van der Waals surface area contributed by atoms with Crippen molar-refractivity contribution in [2.75, 3.05) is 0 Å². The summed E-state index contributed by atoms with van der Waals surface area (Å²) in [4.78, 5) is 0. The SMILES string of the molecule is CC(C)C1CCCC(O)(c2cc(F)ccc2Cl)CC1. The lowest BCUT2D eigenvalue weighted by atomic mass is 9.84. The molecular weight excluding hydrogens is 263 g/mol. The standard InChI is InChI=1S/C16H22ClFO/c1-11(2)12-4-3-8-16(19,9-7-12)14-10-13(18)5-6-15(14)17/h5-6,10-12,19H,3-4,7-9H2,1-2H3. The molecule has 0 aromatic heterocycles. The summed E-state index contributed by atoms with van der Waals surface area (Å²) in [6.07, 6.45) is 4.40. The highest BCUT2D eigenvalue weighted by Crippen LogP contribution is 2.42. The smallest absolute Gasteiger partial charge is 0.123 e. The molecule has 0 spiro atoms. The van der Waals surface area contributed by atoms with E-state index in [9.17, 15) is 9.50 Å². The molecule has 19 heavy (non-hydrogen) atoms. The van der Waals surface area contributed by atoms with Crippen molar-refractivity contribution in [1.82, 2.24) is 0 Å². The van der Waals surface area contributed by atoms with E-state index in [1.165, 1.54) is 18.2 Å². The average molecular weight is 285 g/mol. The molecule has 2 unspecified atom stereocenters. The van der Waals surface area contributed by atoms with Gasteiger partial charge in [-0.05, 0) is 55.7 Å². The van der Waals surface area contributed by atoms with Gasteiger partial charge in [0, 0.05) is 10.6 Å². The maximum atomic E-state index is 13.4. The lowest BCUT2D eigenvalue weighted by Crippen LogP contribution is -2.25. The van der Waals surface area contributed by atoms with Gasteiger partial charge in [0.15, 0.2) is 0 Å². The molecular formula is C16H22ClFO. The lowest BCUT2D eigenvalue weighted by molar-refractivity contribution is 0.0189. The third-order valence-electron chi connectivity index (χ3n) is 4.47. The molecule has 1 fully saturated rings. The van der Waals surface area contributed by atoms with Gasteiger partial charge in [0.1, 0.15) is 5.82 Å². The summed E-state index contributed by atoms with van der Waals surface area (Å²) in [7, 11) is 0. The Bertz CT molecular complexity index is 446. The Morgan fingerprint density at radius 2 is 2.05 bits per heavy atom. The van der Waals surface area contributed by atoms with E-state index in [2.05, 4.69) is 13.8 Å². The van der Waals surface area contributed by atoms with Gasteiger partial charge in [0.05, 0.1) is 5.60 Å². The molecule has 1 aliphatic rings. The van der Waals surface area contributed by atoms with Crippen molar-refractivity contribution in [2.45, 2.75) is 51.6 Å². The van der Waals surface area contributed by atoms with E-state index in [1.54, 1.807) is 0 Å². The summed E-state index contributed by atoms with van der Waals surface area (Å²) in [5, 5.41) is 11.3. The normalized spacial score (nSPS) is 28.4. The molecule has 0 amide bonds. The average Bonchev–Trinajstić information content (AvgIpc) is 2.55. The predicted molar refractivity (Wildman–Crippen MR) is 76.7 cm³/mol. The fourth-order valence-corrected chi connectivity index (χ4v) is 3.43. The number of rotatable bonds is 2. The fraction of sp³-hybridized carbons (Fsp3) is 0.625. The number of hydrogen-bond donors (Lipinski definition) is 1. The van der Waals surface area contributed by atoms with E-state index in [0.29, 0.717) is 35.3 Å². The maximum absolute atomic E-state index is 13.4. The zero-order valence-corrected chi connectivity index (χ0v) is 12.4. The second-order valence-electron chi connectivity index (χ2n) is 6.09. The zero-order chi connectivity index (χ0) is 14.0. The molecule has 1 aromatic rings. The summed E-state index contributed by atoms with van der Waals surface area (Å²) in [6, 6.07) is 4.26. The van der Waals surface area contributed by atoms with E-state index in [0.717, 1.165) is 19.3 Å². The fourth-order valence-electron chi connectivity index (χ4n) is 3.14. The Balaban J connectivity index is 2.25. The van der Waals surface area contributed by atoms with Crippen LogP contribution in [0.5, 0.6) is 0 Å². The van der Waals surface area contributed by atoms with Gasteiger partial charge in [-0.15, -0.1) is 0 Å². The van der Waals surface area contributed by atoms with Crippen molar-refractivity contribution in [1.29, 1.82) is 0 Å². The monoisotopic (exact) mass is 284 g/mol. The highest BCUT2D eigenvalue weighted by molar-refractivity contribution is 6.31. The number of benzene rings is 1. The minimum absolute atomic E-state index is 0.336. The molecule has 1 N–H and O–H groups in total. The van der Waals surface area contributed by atoms with Crippen LogP contribution < -0.4 is 0 Å². The van der Waals surface area contributed by atoms with E-state index in [4.69, 9.17) is 11.6 Å². The van der Waals surface area contributed by atoms with Crippen LogP contribution in [0.4, 0.5) is 4.39 Å². The molecule has 0 aliphatic heterocycles. The van der Waals surface area contributed by atoms with Crippen LogP contribution in [0, 0.1) is 17.7 Å². The minimum atomic E-state index is -0.969. The van der Waals surface area contributed by atoms with E-state index < -0.39 is 5.60 Å². The Morgan fingerprint density at radius 1 is 1.32 bits per heavy atom. The molecule has 0 bridgehead atoms. The zero-order valence-electron chi connectivity index (χ0n) is 11.6. The lowest BCUT2D eigenvalue weighted by Gasteiger charge is -2.28. The van der Waals surface area contributed by atoms with E-state index >= 15 is 0 Å². The molecule has 1 nitrogen and oxygen atoms in total. The van der Waals surface area contributed by atoms with Crippen molar-refractivity contribution in [3.8, 4) is 0 Å². The Kier molecular flexibility index (Phi) is 4.52. The Hall–Kier alpha value is -0.600. The second kappa shape index (κ2) is 5.80. The number of aliphatic hydroxyl groups is 1. The van der Waals surface area contributed by atoms with E-state index in [-0.39, 0.29) is 5.82 Å². The van der Waals surface area contributed by atoms with Crippen LogP contribution in [0.1, 0.15) is 51.5 Å². The molecule has 0 saturated heterocycles. The molecule has 1 saturated carbocycles. The van der Waals surface area contributed by atoms with Crippen molar-refractivity contribution in [3.05, 3.63) is 34.6 Å². The van der Waals surface area contributed by atoms with Gasteiger partial charge in [-0.3, -0.25) is 0 Å². The van der Waals surface area contributed by atoms with Gasteiger partial charge in [-0.2, -0.15) is 0 Å². The van der Waals surface area contributed by atoms with Crippen LogP contribution in [-0.2, 0) is 5.60 Å². The molecule has 1 aromatic carbocycles. The minimum Gasteiger partial charge on any atom is -0.385 e. The Labute approximate surface area is 119 Å². The predicted octanol–water partition coefficient (Wildman–Crippen LogP) is 4.90. The summed E-state index contributed by atoms with van der Waals surface area (Å²) >= 11 is 6.14. The summed E-state index contributed by atoms with van der Waals surface area (Å²) in [5.74, 6) is 0.934. The van der Waals surface area contributed by atoms with Gasteiger partial charge >= 0.3 is 0 Å².